The third kappa shape index (κ3) is 34.8. The van der Waals surface area contributed by atoms with Gasteiger partial charge in [-0.2, -0.15) is 0 Å². The molecule has 0 aromatic heterocycles. The number of amides is 1. The Morgan fingerprint density at radius 1 is 0.462 bits per heavy atom. The van der Waals surface area contributed by atoms with Gasteiger partial charge in [-0.05, 0) is 38.5 Å². The van der Waals surface area contributed by atoms with Gasteiger partial charge < -0.3 is 25.7 Å². The summed E-state index contributed by atoms with van der Waals surface area (Å²) in [7, 11) is 0. The summed E-state index contributed by atoms with van der Waals surface area (Å²) < 4.78 is 0. The maximum absolute atomic E-state index is 12.5. The van der Waals surface area contributed by atoms with Crippen LogP contribution in [0.4, 0.5) is 0 Å². The topological polar surface area (TPSA) is 110 Å². The van der Waals surface area contributed by atoms with Gasteiger partial charge in [0.25, 0.3) is 0 Å². The van der Waals surface area contributed by atoms with Gasteiger partial charge >= 0.3 is 0 Å². The number of hydrogen-bond donors (Lipinski definition) is 5. The molecule has 5 N–H and O–H groups in total. The van der Waals surface area contributed by atoms with Crippen LogP contribution in [-0.4, -0.2) is 57.3 Å². The third-order valence-electron chi connectivity index (χ3n) is 11.0. The summed E-state index contributed by atoms with van der Waals surface area (Å²) in [5.41, 5.74) is 0. The Bertz CT molecular complexity index is 746. The Labute approximate surface area is 323 Å². The van der Waals surface area contributed by atoms with E-state index < -0.39 is 36.9 Å². The molecule has 0 bridgehead atoms. The highest BCUT2D eigenvalue weighted by Crippen LogP contribution is 2.17. The predicted octanol–water partition coefficient (Wildman–Crippen LogP) is 12.2. The van der Waals surface area contributed by atoms with E-state index in [1.54, 1.807) is 0 Å². The average molecular weight is 738 g/mol. The van der Waals surface area contributed by atoms with E-state index in [4.69, 9.17) is 0 Å². The second kappa shape index (κ2) is 41.2. The number of aliphatic hydroxyl groups excluding tert-OH is 4. The lowest BCUT2D eigenvalue weighted by atomic mass is 10.00. The molecule has 1 amide bonds. The lowest BCUT2D eigenvalue weighted by Gasteiger charge is -2.27. The number of aliphatic hydroxyl groups is 4. The van der Waals surface area contributed by atoms with Crippen molar-refractivity contribution in [1.82, 2.24) is 5.32 Å². The van der Waals surface area contributed by atoms with Crippen LogP contribution in [0.3, 0.4) is 0 Å². The molecule has 0 aromatic rings. The second-order valence-corrected chi connectivity index (χ2v) is 16.1. The molecule has 0 fully saturated rings. The quantitative estimate of drug-likeness (QED) is 0.0316. The summed E-state index contributed by atoms with van der Waals surface area (Å²) in [4.78, 5) is 12.5. The Kier molecular flexibility index (Phi) is 40.5. The maximum atomic E-state index is 12.5. The van der Waals surface area contributed by atoms with Crippen LogP contribution in [0.25, 0.3) is 0 Å². The van der Waals surface area contributed by atoms with Gasteiger partial charge in [-0.1, -0.05) is 219 Å². The molecule has 0 saturated heterocycles. The van der Waals surface area contributed by atoms with Crippen molar-refractivity contribution < 1.29 is 25.2 Å². The molecule has 0 saturated carbocycles. The second-order valence-electron chi connectivity index (χ2n) is 16.1. The minimum absolute atomic E-state index is 0.368. The molecule has 6 nitrogen and oxygen atoms in total. The molecule has 0 spiro atoms. The molecule has 0 aliphatic rings. The van der Waals surface area contributed by atoms with E-state index in [0.29, 0.717) is 12.8 Å². The molecule has 0 aromatic carbocycles. The molecule has 0 heterocycles. The highest BCUT2D eigenvalue weighted by molar-refractivity contribution is 5.80. The normalized spacial score (nSPS) is 14.2. The molecule has 0 rings (SSSR count). The van der Waals surface area contributed by atoms with Crippen molar-refractivity contribution in [3.63, 3.8) is 0 Å². The molecule has 0 aliphatic heterocycles. The van der Waals surface area contributed by atoms with Crippen molar-refractivity contribution in [2.24, 2.45) is 0 Å². The van der Waals surface area contributed by atoms with Crippen molar-refractivity contribution in [2.75, 3.05) is 6.61 Å². The fourth-order valence-corrected chi connectivity index (χ4v) is 7.29. The van der Waals surface area contributed by atoms with E-state index in [0.717, 1.165) is 38.5 Å². The van der Waals surface area contributed by atoms with Gasteiger partial charge in [0.1, 0.15) is 12.2 Å². The Hall–Kier alpha value is -0.950. The van der Waals surface area contributed by atoms with Crippen LogP contribution in [0.2, 0.25) is 0 Å². The number of nitrogens with one attached hydrogen (secondary N) is 1. The largest absolute Gasteiger partial charge is 0.394 e. The van der Waals surface area contributed by atoms with E-state index in [1.807, 2.05) is 0 Å². The van der Waals surface area contributed by atoms with Crippen LogP contribution in [-0.2, 0) is 4.79 Å². The summed E-state index contributed by atoms with van der Waals surface area (Å²) >= 11 is 0. The Morgan fingerprint density at radius 2 is 0.788 bits per heavy atom. The lowest BCUT2D eigenvalue weighted by molar-refractivity contribution is -0.132. The number of carbonyl (C=O) groups is 1. The molecule has 6 heteroatoms. The van der Waals surface area contributed by atoms with Gasteiger partial charge in [-0.15, -0.1) is 0 Å². The van der Waals surface area contributed by atoms with Crippen LogP contribution in [0, 0.1) is 0 Å². The van der Waals surface area contributed by atoms with Gasteiger partial charge in [0.15, 0.2) is 0 Å². The van der Waals surface area contributed by atoms with E-state index in [-0.39, 0.29) is 0 Å². The van der Waals surface area contributed by atoms with Crippen molar-refractivity contribution in [2.45, 2.75) is 269 Å². The van der Waals surface area contributed by atoms with Crippen molar-refractivity contribution in [1.29, 1.82) is 0 Å². The first-order chi connectivity index (χ1) is 25.5. The number of rotatable bonds is 42. The molecule has 310 valence electrons. The first-order valence-corrected chi connectivity index (χ1v) is 23.1. The van der Waals surface area contributed by atoms with E-state index in [9.17, 15) is 25.2 Å². The Morgan fingerprint density at radius 3 is 1.15 bits per heavy atom. The fraction of sp³-hybridized carbons (Fsp3) is 0.935. The molecular weight excluding hydrogens is 647 g/mol. The zero-order chi connectivity index (χ0) is 38.2. The van der Waals surface area contributed by atoms with Crippen LogP contribution < -0.4 is 5.32 Å². The minimum atomic E-state index is -1.28. The van der Waals surface area contributed by atoms with Crippen molar-refractivity contribution in [3.8, 4) is 0 Å². The molecule has 4 atom stereocenters. The van der Waals surface area contributed by atoms with Crippen LogP contribution >= 0.6 is 0 Å². The van der Waals surface area contributed by atoms with Crippen LogP contribution in [0.5, 0.6) is 0 Å². The van der Waals surface area contributed by atoms with Crippen LogP contribution in [0.15, 0.2) is 12.2 Å². The monoisotopic (exact) mass is 738 g/mol. The molecular formula is C46H91NO5. The Balaban J connectivity index is 3.60. The molecule has 4 unspecified atom stereocenters. The smallest absolute Gasteiger partial charge is 0.249 e. The lowest BCUT2D eigenvalue weighted by Crippen LogP contribution is -2.53. The zero-order valence-corrected chi connectivity index (χ0v) is 34.8. The number of hydrogen-bond acceptors (Lipinski definition) is 5. The van der Waals surface area contributed by atoms with Gasteiger partial charge in [0.2, 0.25) is 5.91 Å². The molecule has 0 radical (unpaired) electrons. The van der Waals surface area contributed by atoms with E-state index in [2.05, 4.69) is 31.3 Å². The standard InChI is InChI=1S/C46H91NO5/c1-3-5-7-9-11-13-15-16-17-18-19-20-21-22-23-24-25-26-27-28-29-30-32-34-36-38-40-44(50)46(52)47-42(41-48)45(51)43(49)39-37-35-33-31-14-12-10-8-6-4-2/h31,33,42-45,48-51H,3-30,32,34-41H2,1-2H3,(H,47,52)/b33-31+. The number of unbranched alkanes of at least 4 members (excludes halogenated alkanes) is 31. The summed E-state index contributed by atoms with van der Waals surface area (Å²) in [6.07, 6.45) is 45.6. The first kappa shape index (κ1) is 51.0. The third-order valence-corrected chi connectivity index (χ3v) is 11.0. The minimum Gasteiger partial charge on any atom is -0.394 e. The summed E-state index contributed by atoms with van der Waals surface area (Å²) in [5.74, 6) is -0.591. The van der Waals surface area contributed by atoms with Gasteiger partial charge in [0.05, 0.1) is 18.8 Å². The average Bonchev–Trinajstić information content (AvgIpc) is 3.15. The summed E-state index contributed by atoms with van der Waals surface area (Å²) in [6, 6.07) is -0.996. The predicted molar refractivity (Wildman–Crippen MR) is 224 cm³/mol. The molecule has 0 aliphatic carbocycles. The van der Waals surface area contributed by atoms with Gasteiger partial charge in [0, 0.05) is 0 Å². The summed E-state index contributed by atoms with van der Waals surface area (Å²) in [5, 5.41) is 43.5. The van der Waals surface area contributed by atoms with E-state index in [1.165, 1.54) is 180 Å². The summed E-state index contributed by atoms with van der Waals surface area (Å²) in [6.45, 7) is 4.02. The SMILES string of the molecule is CCCCCCC/C=C/CCCC(O)C(O)C(CO)NC(=O)C(O)CCCCCCCCCCCCCCCCCCCCCCCCCCCC. The zero-order valence-electron chi connectivity index (χ0n) is 34.8. The maximum Gasteiger partial charge on any atom is 0.249 e. The highest BCUT2D eigenvalue weighted by atomic mass is 16.3. The van der Waals surface area contributed by atoms with Gasteiger partial charge in [-0.25, -0.2) is 0 Å². The number of carbonyl (C=O) groups excluding carboxylic acids is 1. The van der Waals surface area contributed by atoms with Gasteiger partial charge in [-0.3, -0.25) is 4.79 Å². The first-order valence-electron chi connectivity index (χ1n) is 23.1. The fourth-order valence-electron chi connectivity index (χ4n) is 7.29. The molecule has 52 heavy (non-hydrogen) atoms. The van der Waals surface area contributed by atoms with Crippen LogP contribution in [0.1, 0.15) is 245 Å². The van der Waals surface area contributed by atoms with Crippen molar-refractivity contribution in [3.05, 3.63) is 12.2 Å². The number of allylic oxidation sites excluding steroid dienone is 2. The van der Waals surface area contributed by atoms with Crippen molar-refractivity contribution >= 4 is 5.91 Å². The highest BCUT2D eigenvalue weighted by Gasteiger charge is 2.28. The van der Waals surface area contributed by atoms with E-state index >= 15 is 0 Å².